The lowest BCUT2D eigenvalue weighted by molar-refractivity contribution is 0.317. The Morgan fingerprint density at radius 1 is 1.37 bits per heavy atom. The number of halogens is 1. The van der Waals surface area contributed by atoms with Crippen molar-refractivity contribution in [1.82, 2.24) is 9.78 Å². The Hall–Kier alpha value is -1.24. The molecular weight excluding hydrogens is 353 g/mol. The molecule has 1 heterocycles. The maximum absolute atomic E-state index is 6.00. The molecule has 0 saturated carbocycles. The van der Waals surface area contributed by atoms with E-state index in [9.17, 15) is 0 Å². The largest absolute Gasteiger partial charge is 0.494 e. The van der Waals surface area contributed by atoms with E-state index in [4.69, 9.17) is 10.5 Å². The number of nitrogens with two attached hydrogens (primary N) is 1. The molecule has 0 spiro atoms. The van der Waals surface area contributed by atoms with Crippen LogP contribution >= 0.6 is 22.6 Å². The van der Waals surface area contributed by atoms with E-state index in [-0.39, 0.29) is 6.04 Å². The van der Waals surface area contributed by atoms with Crippen LogP contribution in [0.1, 0.15) is 31.9 Å². The molecule has 0 fully saturated rings. The van der Waals surface area contributed by atoms with Crippen LogP contribution in [0.25, 0.3) is 0 Å². The Kier molecular flexibility index (Phi) is 4.68. The molecule has 1 aromatic heterocycles. The number of benzene rings is 1. The zero-order valence-corrected chi connectivity index (χ0v) is 13.3. The second-order valence-corrected chi connectivity index (χ2v) is 5.58. The van der Waals surface area contributed by atoms with Crippen molar-refractivity contribution in [3.05, 3.63) is 39.6 Å². The number of ether oxygens (including phenoxy) is 1. The summed E-state index contributed by atoms with van der Waals surface area (Å²) in [6.07, 6.45) is 2.80. The van der Waals surface area contributed by atoms with Crippen molar-refractivity contribution in [3.8, 4) is 5.75 Å². The van der Waals surface area contributed by atoms with Crippen LogP contribution in [0.3, 0.4) is 0 Å². The van der Waals surface area contributed by atoms with Gasteiger partial charge in [-0.05, 0) is 53.6 Å². The molecule has 1 unspecified atom stereocenters. The monoisotopic (exact) mass is 371 g/mol. The van der Waals surface area contributed by atoms with Gasteiger partial charge in [0.15, 0.2) is 0 Å². The zero-order valence-electron chi connectivity index (χ0n) is 11.1. The summed E-state index contributed by atoms with van der Waals surface area (Å²) in [5.74, 6) is 1.61. The van der Waals surface area contributed by atoms with Gasteiger partial charge in [0, 0.05) is 0 Å². The van der Waals surface area contributed by atoms with E-state index in [2.05, 4.69) is 53.7 Å². The second-order valence-electron chi connectivity index (χ2n) is 4.42. The van der Waals surface area contributed by atoms with Crippen molar-refractivity contribution >= 4 is 28.4 Å². The van der Waals surface area contributed by atoms with Gasteiger partial charge in [0.25, 0.3) is 0 Å². The Bertz CT molecular complexity index is 536. The number of nitrogens with zero attached hydrogens (tertiary/aromatic N) is 2. The predicted octanol–water partition coefficient (Wildman–Crippen LogP) is 3.47. The Labute approximate surface area is 127 Å². The lowest BCUT2D eigenvalue weighted by Gasteiger charge is -2.15. The van der Waals surface area contributed by atoms with Gasteiger partial charge in [0.05, 0.1) is 22.4 Å². The number of hydrogen-bond donors (Lipinski definition) is 1. The van der Waals surface area contributed by atoms with Crippen LogP contribution in [-0.2, 0) is 0 Å². The third-order valence-electron chi connectivity index (χ3n) is 2.99. The van der Waals surface area contributed by atoms with Crippen LogP contribution < -0.4 is 10.5 Å². The summed E-state index contributed by atoms with van der Waals surface area (Å²) in [4.78, 5) is 0. The molecule has 1 aromatic carbocycles. The molecule has 0 aliphatic heterocycles. The highest BCUT2D eigenvalue weighted by molar-refractivity contribution is 14.1. The minimum atomic E-state index is 0.115. The van der Waals surface area contributed by atoms with Crippen molar-refractivity contribution in [2.75, 3.05) is 12.3 Å². The molecule has 2 aromatic rings. The van der Waals surface area contributed by atoms with Crippen molar-refractivity contribution in [1.29, 1.82) is 0 Å². The average molecular weight is 371 g/mol. The van der Waals surface area contributed by atoms with Crippen LogP contribution in [0.2, 0.25) is 0 Å². The molecule has 0 aliphatic rings. The average Bonchev–Trinajstić information content (AvgIpc) is 2.76. The number of aromatic nitrogens is 2. The van der Waals surface area contributed by atoms with Crippen LogP contribution in [0.4, 0.5) is 5.82 Å². The van der Waals surface area contributed by atoms with Gasteiger partial charge in [-0.1, -0.05) is 19.1 Å². The molecule has 5 heteroatoms. The molecule has 0 radical (unpaired) electrons. The van der Waals surface area contributed by atoms with Gasteiger partial charge in [-0.25, -0.2) is 4.68 Å². The van der Waals surface area contributed by atoms with Gasteiger partial charge < -0.3 is 10.5 Å². The summed E-state index contributed by atoms with van der Waals surface area (Å²) in [5.41, 5.74) is 7.17. The fourth-order valence-corrected chi connectivity index (χ4v) is 2.23. The smallest absolute Gasteiger partial charge is 0.135 e. The molecule has 4 nitrogen and oxygen atoms in total. The topological polar surface area (TPSA) is 53.1 Å². The van der Waals surface area contributed by atoms with Gasteiger partial charge in [-0.2, -0.15) is 5.10 Å². The van der Waals surface area contributed by atoms with Crippen molar-refractivity contribution in [2.24, 2.45) is 0 Å². The van der Waals surface area contributed by atoms with Gasteiger partial charge in [-0.3, -0.25) is 0 Å². The normalized spacial score (nSPS) is 12.4. The van der Waals surface area contributed by atoms with E-state index in [1.54, 1.807) is 6.20 Å². The van der Waals surface area contributed by atoms with Gasteiger partial charge >= 0.3 is 0 Å². The van der Waals surface area contributed by atoms with E-state index < -0.39 is 0 Å². The Morgan fingerprint density at radius 3 is 2.58 bits per heavy atom. The summed E-state index contributed by atoms with van der Waals surface area (Å²) in [5, 5.41) is 4.32. The van der Waals surface area contributed by atoms with Gasteiger partial charge in [-0.15, -0.1) is 0 Å². The fourth-order valence-electron chi connectivity index (χ4n) is 1.86. The first-order chi connectivity index (χ1) is 9.13. The molecule has 0 aliphatic carbocycles. The molecule has 1 atom stereocenters. The molecular formula is C14H18IN3O. The molecule has 0 bridgehead atoms. The Balaban J connectivity index is 2.15. The summed E-state index contributed by atoms with van der Waals surface area (Å²) >= 11 is 2.19. The number of nitrogen functional groups attached to an aromatic ring is 1. The second kappa shape index (κ2) is 6.27. The zero-order chi connectivity index (χ0) is 13.8. The van der Waals surface area contributed by atoms with Crippen molar-refractivity contribution in [3.63, 3.8) is 0 Å². The van der Waals surface area contributed by atoms with E-state index >= 15 is 0 Å². The maximum atomic E-state index is 6.00. The van der Waals surface area contributed by atoms with Crippen molar-refractivity contribution < 1.29 is 4.74 Å². The molecule has 102 valence electrons. The highest BCUT2D eigenvalue weighted by atomic mass is 127. The lowest BCUT2D eigenvalue weighted by Crippen LogP contribution is -2.11. The predicted molar refractivity (Wildman–Crippen MR) is 85.4 cm³/mol. The fraction of sp³-hybridized carbons (Fsp3) is 0.357. The molecule has 0 amide bonds. The first kappa shape index (κ1) is 14.2. The summed E-state index contributed by atoms with van der Waals surface area (Å²) in [6, 6.07) is 8.22. The first-order valence-electron chi connectivity index (χ1n) is 6.34. The number of rotatable bonds is 5. The minimum absolute atomic E-state index is 0.115. The van der Waals surface area contributed by atoms with E-state index in [0.717, 1.165) is 27.9 Å². The Morgan fingerprint density at radius 2 is 2.05 bits per heavy atom. The summed E-state index contributed by atoms with van der Waals surface area (Å²) in [7, 11) is 0. The molecule has 19 heavy (non-hydrogen) atoms. The summed E-state index contributed by atoms with van der Waals surface area (Å²) < 4.78 is 8.39. The maximum Gasteiger partial charge on any atom is 0.135 e. The van der Waals surface area contributed by atoms with Crippen LogP contribution in [-0.4, -0.2) is 16.4 Å². The quantitative estimate of drug-likeness (QED) is 0.819. The van der Waals surface area contributed by atoms with E-state index in [1.165, 1.54) is 0 Å². The number of hydrogen-bond acceptors (Lipinski definition) is 3. The van der Waals surface area contributed by atoms with Crippen LogP contribution in [0.5, 0.6) is 5.75 Å². The van der Waals surface area contributed by atoms with E-state index in [0.29, 0.717) is 5.82 Å². The van der Waals surface area contributed by atoms with Gasteiger partial charge in [0.1, 0.15) is 11.6 Å². The van der Waals surface area contributed by atoms with E-state index in [1.807, 2.05) is 16.8 Å². The first-order valence-corrected chi connectivity index (χ1v) is 7.42. The van der Waals surface area contributed by atoms with Gasteiger partial charge in [0.2, 0.25) is 0 Å². The van der Waals surface area contributed by atoms with Crippen LogP contribution in [0.15, 0.2) is 30.5 Å². The molecule has 2 rings (SSSR count). The SMILES string of the molecule is CCCOc1ccc(C(C)n2ncc(I)c2N)cc1. The van der Waals surface area contributed by atoms with Crippen molar-refractivity contribution in [2.45, 2.75) is 26.3 Å². The lowest BCUT2D eigenvalue weighted by atomic mass is 10.1. The third-order valence-corrected chi connectivity index (χ3v) is 3.82. The number of anilines is 1. The summed E-state index contributed by atoms with van der Waals surface area (Å²) in [6.45, 7) is 4.93. The standard InChI is InChI=1S/C14H18IN3O/c1-3-8-19-12-6-4-11(5-7-12)10(2)18-14(16)13(15)9-17-18/h4-7,9-10H,3,8,16H2,1-2H3. The third kappa shape index (κ3) is 3.20. The molecule has 0 saturated heterocycles. The van der Waals surface area contributed by atoms with Crippen LogP contribution in [0, 0.1) is 3.57 Å². The minimum Gasteiger partial charge on any atom is -0.494 e. The highest BCUT2D eigenvalue weighted by Crippen LogP contribution is 2.25. The highest BCUT2D eigenvalue weighted by Gasteiger charge is 2.13. The molecule has 2 N–H and O–H groups in total.